The zero-order chi connectivity index (χ0) is 13.9. The van der Waals surface area contributed by atoms with Gasteiger partial charge in [0.05, 0.1) is 6.61 Å². The molecule has 0 aliphatic carbocycles. The molecule has 2 aromatic carbocycles. The van der Waals surface area contributed by atoms with Crippen molar-refractivity contribution in [2.45, 2.75) is 19.4 Å². The van der Waals surface area contributed by atoms with Gasteiger partial charge in [-0.15, -0.1) is 0 Å². The third kappa shape index (κ3) is 2.45. The molecule has 2 aromatic rings. The summed E-state index contributed by atoms with van der Waals surface area (Å²) in [5, 5.41) is 0. The van der Waals surface area contributed by atoms with Crippen LogP contribution in [0.4, 0.5) is 0 Å². The number of ether oxygens (including phenoxy) is 1. The van der Waals surface area contributed by atoms with E-state index in [1.54, 1.807) is 0 Å². The van der Waals surface area contributed by atoms with Crippen LogP contribution in [0.5, 0.6) is 5.75 Å². The first-order valence-electron chi connectivity index (χ1n) is 6.83. The van der Waals surface area contributed by atoms with Crippen LogP contribution < -0.4 is 10.5 Å². The average Bonchev–Trinajstić information content (AvgIpc) is 2.95. The van der Waals surface area contributed by atoms with Gasteiger partial charge in [0.1, 0.15) is 5.75 Å². The zero-order valence-corrected chi connectivity index (χ0v) is 11.3. The minimum Gasteiger partial charge on any atom is -0.493 e. The molecule has 0 atom stereocenters. The Balaban J connectivity index is 1.83. The molecule has 2 N–H and O–H groups in total. The second-order valence-electron chi connectivity index (χ2n) is 4.99. The fourth-order valence-electron chi connectivity index (χ4n) is 2.56. The Morgan fingerprint density at radius 2 is 1.95 bits per heavy atom. The molecule has 3 heteroatoms. The minimum absolute atomic E-state index is 0.126. The molecule has 3 nitrogen and oxygen atoms in total. The molecule has 1 aliphatic heterocycles. The van der Waals surface area contributed by atoms with Crippen LogP contribution in [0.25, 0.3) is 0 Å². The summed E-state index contributed by atoms with van der Waals surface area (Å²) in [6.07, 6.45) is 1.28. The zero-order valence-electron chi connectivity index (χ0n) is 11.3. The smallest absolute Gasteiger partial charge is 0.167 e. The van der Waals surface area contributed by atoms with Crippen LogP contribution in [-0.4, -0.2) is 12.4 Å². The van der Waals surface area contributed by atoms with Gasteiger partial charge >= 0.3 is 0 Å². The SMILES string of the molecule is NCc1ccccc1CC(=O)c1ccc2c(c1)CCO2. The lowest BCUT2D eigenvalue weighted by Crippen LogP contribution is -2.08. The van der Waals surface area contributed by atoms with Gasteiger partial charge in [-0.25, -0.2) is 0 Å². The van der Waals surface area contributed by atoms with Crippen LogP contribution in [0.3, 0.4) is 0 Å². The van der Waals surface area contributed by atoms with Gasteiger partial charge in [-0.2, -0.15) is 0 Å². The minimum atomic E-state index is 0.126. The summed E-state index contributed by atoms with van der Waals surface area (Å²) in [5.74, 6) is 1.03. The number of ketones is 1. The number of Topliss-reactive ketones (excluding diaryl/α,β-unsaturated/α-hetero) is 1. The first-order chi connectivity index (χ1) is 9.78. The highest BCUT2D eigenvalue weighted by atomic mass is 16.5. The topological polar surface area (TPSA) is 52.3 Å². The van der Waals surface area contributed by atoms with E-state index in [0.29, 0.717) is 19.6 Å². The molecule has 0 unspecified atom stereocenters. The summed E-state index contributed by atoms with van der Waals surface area (Å²) in [7, 11) is 0. The van der Waals surface area contributed by atoms with E-state index in [1.165, 1.54) is 0 Å². The predicted molar refractivity (Wildman–Crippen MR) is 78.0 cm³/mol. The van der Waals surface area contributed by atoms with Gasteiger partial charge < -0.3 is 10.5 Å². The second-order valence-corrected chi connectivity index (χ2v) is 4.99. The van der Waals surface area contributed by atoms with E-state index in [0.717, 1.165) is 34.4 Å². The summed E-state index contributed by atoms with van der Waals surface area (Å²) in [6, 6.07) is 13.5. The van der Waals surface area contributed by atoms with Gasteiger partial charge in [-0.3, -0.25) is 4.79 Å². The van der Waals surface area contributed by atoms with E-state index >= 15 is 0 Å². The summed E-state index contributed by atoms with van der Waals surface area (Å²) in [5.41, 5.74) is 9.63. The Bertz CT molecular complexity index is 649. The molecular formula is C17H17NO2. The fraction of sp³-hybridized carbons (Fsp3) is 0.235. The predicted octanol–water partition coefficient (Wildman–Crippen LogP) is 2.51. The normalized spacial score (nSPS) is 12.8. The van der Waals surface area contributed by atoms with Gasteiger partial charge in [-0.05, 0) is 34.9 Å². The van der Waals surface area contributed by atoms with Crippen LogP contribution in [0.15, 0.2) is 42.5 Å². The van der Waals surface area contributed by atoms with Crippen LogP contribution >= 0.6 is 0 Å². The Morgan fingerprint density at radius 3 is 2.75 bits per heavy atom. The van der Waals surface area contributed by atoms with Crippen LogP contribution in [0.2, 0.25) is 0 Å². The Morgan fingerprint density at radius 1 is 1.15 bits per heavy atom. The largest absolute Gasteiger partial charge is 0.493 e. The second kappa shape index (κ2) is 5.47. The highest BCUT2D eigenvalue weighted by Gasteiger charge is 2.15. The Labute approximate surface area is 118 Å². The highest BCUT2D eigenvalue weighted by Crippen LogP contribution is 2.26. The number of fused-ring (bicyclic) bond motifs is 1. The molecule has 20 heavy (non-hydrogen) atoms. The number of rotatable bonds is 4. The first-order valence-corrected chi connectivity index (χ1v) is 6.83. The third-order valence-corrected chi connectivity index (χ3v) is 3.70. The number of benzene rings is 2. The molecule has 0 aromatic heterocycles. The van der Waals surface area contributed by atoms with Gasteiger partial charge in [0.25, 0.3) is 0 Å². The Kier molecular flexibility index (Phi) is 3.52. The van der Waals surface area contributed by atoms with Crippen molar-refractivity contribution >= 4 is 5.78 Å². The Hall–Kier alpha value is -2.13. The molecule has 0 saturated carbocycles. The van der Waals surface area contributed by atoms with Crippen molar-refractivity contribution < 1.29 is 9.53 Å². The number of hydrogen-bond donors (Lipinski definition) is 1. The monoisotopic (exact) mass is 267 g/mol. The number of carbonyl (C=O) groups is 1. The molecule has 0 radical (unpaired) electrons. The van der Waals surface area contributed by atoms with E-state index in [1.807, 2.05) is 42.5 Å². The van der Waals surface area contributed by atoms with Gasteiger partial charge in [0.2, 0.25) is 0 Å². The molecule has 3 rings (SSSR count). The highest BCUT2D eigenvalue weighted by molar-refractivity contribution is 5.98. The molecule has 0 saturated heterocycles. The lowest BCUT2D eigenvalue weighted by atomic mass is 9.97. The van der Waals surface area contributed by atoms with Crippen LogP contribution in [0, 0.1) is 0 Å². The average molecular weight is 267 g/mol. The molecule has 0 fully saturated rings. The summed E-state index contributed by atoms with van der Waals surface area (Å²) in [4.78, 5) is 12.4. The van der Waals surface area contributed by atoms with Crippen molar-refractivity contribution in [1.29, 1.82) is 0 Å². The molecule has 1 aliphatic rings. The van der Waals surface area contributed by atoms with E-state index in [4.69, 9.17) is 10.5 Å². The maximum absolute atomic E-state index is 12.4. The number of nitrogens with two attached hydrogens (primary N) is 1. The van der Waals surface area contributed by atoms with Crippen LogP contribution in [-0.2, 0) is 19.4 Å². The summed E-state index contributed by atoms with van der Waals surface area (Å²) in [6.45, 7) is 1.17. The van der Waals surface area contributed by atoms with Gasteiger partial charge in [0, 0.05) is 24.9 Å². The maximum Gasteiger partial charge on any atom is 0.167 e. The maximum atomic E-state index is 12.4. The lowest BCUT2D eigenvalue weighted by Gasteiger charge is -2.07. The standard InChI is InChI=1S/C17H17NO2/c18-11-15-4-2-1-3-12(15)10-16(19)13-5-6-17-14(9-13)7-8-20-17/h1-6,9H,7-8,10-11,18H2. The number of hydrogen-bond acceptors (Lipinski definition) is 3. The third-order valence-electron chi connectivity index (χ3n) is 3.70. The molecule has 0 amide bonds. The molecule has 0 bridgehead atoms. The van der Waals surface area contributed by atoms with E-state index < -0.39 is 0 Å². The molecule has 0 spiro atoms. The van der Waals surface area contributed by atoms with E-state index in [-0.39, 0.29) is 5.78 Å². The molecule has 1 heterocycles. The lowest BCUT2D eigenvalue weighted by molar-refractivity contribution is 0.0992. The first kappa shape index (κ1) is 12.9. The van der Waals surface area contributed by atoms with Crippen molar-refractivity contribution in [1.82, 2.24) is 0 Å². The summed E-state index contributed by atoms with van der Waals surface area (Å²) >= 11 is 0. The van der Waals surface area contributed by atoms with Crippen molar-refractivity contribution in [3.8, 4) is 5.75 Å². The van der Waals surface area contributed by atoms with Gasteiger partial charge in [0.15, 0.2) is 5.78 Å². The van der Waals surface area contributed by atoms with Crippen molar-refractivity contribution in [3.63, 3.8) is 0 Å². The summed E-state index contributed by atoms with van der Waals surface area (Å²) < 4.78 is 5.46. The quantitative estimate of drug-likeness (QED) is 0.866. The van der Waals surface area contributed by atoms with E-state index in [9.17, 15) is 4.79 Å². The number of carbonyl (C=O) groups excluding carboxylic acids is 1. The van der Waals surface area contributed by atoms with Crippen LogP contribution in [0.1, 0.15) is 27.0 Å². The molecule has 102 valence electrons. The van der Waals surface area contributed by atoms with E-state index in [2.05, 4.69) is 0 Å². The van der Waals surface area contributed by atoms with Gasteiger partial charge in [-0.1, -0.05) is 24.3 Å². The van der Waals surface area contributed by atoms with Crippen molar-refractivity contribution in [2.24, 2.45) is 5.73 Å². The fourth-order valence-corrected chi connectivity index (χ4v) is 2.56. The van der Waals surface area contributed by atoms with Crippen molar-refractivity contribution in [2.75, 3.05) is 6.61 Å². The van der Waals surface area contributed by atoms with Crippen molar-refractivity contribution in [3.05, 3.63) is 64.7 Å². The molecular weight excluding hydrogens is 250 g/mol.